The smallest absolute Gasteiger partial charge is 0.254 e. The summed E-state index contributed by atoms with van der Waals surface area (Å²) in [6, 6.07) is 15.8. The summed E-state index contributed by atoms with van der Waals surface area (Å²) in [6.07, 6.45) is 1.59. The van der Waals surface area contributed by atoms with E-state index in [1.54, 1.807) is 24.4 Å². The largest absolute Gasteiger partial charge is 0.348 e. The SMILES string of the molecule is CC(C)c1ccc(CNC(=O)c2ccc(-c3ncccc3Cl)cc2F)cc1. The summed E-state index contributed by atoms with van der Waals surface area (Å²) in [5, 5.41) is 3.18. The number of aromatic nitrogens is 1. The maximum Gasteiger partial charge on any atom is 0.254 e. The summed E-state index contributed by atoms with van der Waals surface area (Å²) in [5.74, 6) is -0.616. The van der Waals surface area contributed by atoms with E-state index in [9.17, 15) is 9.18 Å². The molecular weight excluding hydrogens is 363 g/mol. The molecule has 1 N–H and O–H groups in total. The van der Waals surface area contributed by atoms with Gasteiger partial charge >= 0.3 is 0 Å². The van der Waals surface area contributed by atoms with Crippen molar-refractivity contribution in [2.24, 2.45) is 0 Å². The Balaban J connectivity index is 1.71. The third-order valence-corrected chi connectivity index (χ3v) is 4.65. The van der Waals surface area contributed by atoms with Crippen LogP contribution in [0.2, 0.25) is 5.02 Å². The zero-order valence-electron chi connectivity index (χ0n) is 15.2. The van der Waals surface area contributed by atoms with Crippen LogP contribution in [0.15, 0.2) is 60.8 Å². The van der Waals surface area contributed by atoms with Gasteiger partial charge in [0.2, 0.25) is 0 Å². The van der Waals surface area contributed by atoms with Gasteiger partial charge in [-0.25, -0.2) is 4.39 Å². The first kappa shape index (κ1) is 19.1. The Labute approximate surface area is 163 Å². The van der Waals surface area contributed by atoms with Crippen LogP contribution in [0.1, 0.15) is 41.3 Å². The number of benzene rings is 2. The van der Waals surface area contributed by atoms with E-state index in [1.807, 2.05) is 24.3 Å². The van der Waals surface area contributed by atoms with Crippen LogP contribution in [-0.2, 0) is 6.54 Å². The maximum atomic E-state index is 14.5. The Morgan fingerprint density at radius 2 is 1.89 bits per heavy atom. The highest BCUT2D eigenvalue weighted by Gasteiger charge is 2.14. The standard InChI is InChI=1S/C22H20ClFN2O/c1-14(2)16-7-5-15(6-8-16)13-26-22(27)18-10-9-17(12-20(18)24)21-19(23)4-3-11-25-21/h3-12,14H,13H2,1-2H3,(H,26,27). The van der Waals surface area contributed by atoms with Crippen molar-refractivity contribution >= 4 is 17.5 Å². The minimum atomic E-state index is -0.609. The summed E-state index contributed by atoms with van der Waals surface area (Å²) in [6.45, 7) is 4.59. The molecule has 0 aliphatic carbocycles. The molecule has 1 heterocycles. The number of halogens is 2. The molecule has 3 nitrogen and oxygen atoms in total. The summed E-state index contributed by atoms with van der Waals surface area (Å²) in [7, 11) is 0. The van der Waals surface area contributed by atoms with E-state index >= 15 is 0 Å². The number of nitrogens with one attached hydrogen (secondary N) is 1. The van der Waals surface area contributed by atoms with Crippen LogP contribution in [0.25, 0.3) is 11.3 Å². The third kappa shape index (κ3) is 4.52. The van der Waals surface area contributed by atoms with E-state index in [1.165, 1.54) is 17.7 Å². The maximum absolute atomic E-state index is 14.5. The molecule has 0 spiro atoms. The van der Waals surface area contributed by atoms with Crippen LogP contribution in [0.3, 0.4) is 0 Å². The predicted octanol–water partition coefficient (Wildman–Crippen LogP) is 5.59. The third-order valence-electron chi connectivity index (χ3n) is 4.35. The van der Waals surface area contributed by atoms with Gasteiger partial charge in [-0.1, -0.05) is 55.8 Å². The number of nitrogens with zero attached hydrogens (tertiary/aromatic N) is 1. The molecule has 0 radical (unpaired) electrons. The van der Waals surface area contributed by atoms with Gasteiger partial charge in [0.25, 0.3) is 5.91 Å². The Morgan fingerprint density at radius 1 is 1.15 bits per heavy atom. The van der Waals surface area contributed by atoms with Gasteiger partial charge in [0.1, 0.15) is 5.82 Å². The van der Waals surface area contributed by atoms with Gasteiger partial charge in [0.05, 0.1) is 16.3 Å². The van der Waals surface area contributed by atoms with Crippen LogP contribution in [0.4, 0.5) is 4.39 Å². The van der Waals surface area contributed by atoms with Crippen molar-refractivity contribution in [1.82, 2.24) is 10.3 Å². The summed E-state index contributed by atoms with van der Waals surface area (Å²) in [4.78, 5) is 16.5. The second kappa shape index (κ2) is 8.31. The number of carbonyl (C=O) groups is 1. The molecule has 0 atom stereocenters. The lowest BCUT2D eigenvalue weighted by Gasteiger charge is -2.10. The Bertz CT molecular complexity index is 955. The average Bonchev–Trinajstić information content (AvgIpc) is 2.66. The van der Waals surface area contributed by atoms with Crippen molar-refractivity contribution in [2.45, 2.75) is 26.3 Å². The molecule has 3 rings (SSSR count). The molecular formula is C22H20ClFN2O. The highest BCUT2D eigenvalue weighted by Crippen LogP contribution is 2.26. The van der Waals surface area contributed by atoms with Crippen molar-refractivity contribution in [3.8, 4) is 11.3 Å². The van der Waals surface area contributed by atoms with E-state index in [0.717, 1.165) is 5.56 Å². The van der Waals surface area contributed by atoms with E-state index in [0.29, 0.717) is 28.7 Å². The molecule has 138 valence electrons. The first-order chi connectivity index (χ1) is 13.0. The number of rotatable bonds is 5. The normalized spacial score (nSPS) is 10.9. The number of amides is 1. The fourth-order valence-corrected chi connectivity index (χ4v) is 2.97. The highest BCUT2D eigenvalue weighted by atomic mass is 35.5. The lowest BCUT2D eigenvalue weighted by atomic mass is 10.0. The zero-order chi connectivity index (χ0) is 19.4. The predicted molar refractivity (Wildman–Crippen MR) is 106 cm³/mol. The molecule has 5 heteroatoms. The van der Waals surface area contributed by atoms with E-state index in [4.69, 9.17) is 11.6 Å². The van der Waals surface area contributed by atoms with Gasteiger partial charge in [-0.2, -0.15) is 0 Å². The van der Waals surface area contributed by atoms with Gasteiger partial charge in [0.15, 0.2) is 0 Å². The lowest BCUT2D eigenvalue weighted by Crippen LogP contribution is -2.23. The highest BCUT2D eigenvalue weighted by molar-refractivity contribution is 6.33. The minimum absolute atomic E-state index is 0.00963. The van der Waals surface area contributed by atoms with Crippen LogP contribution in [-0.4, -0.2) is 10.9 Å². The lowest BCUT2D eigenvalue weighted by molar-refractivity contribution is 0.0947. The number of carbonyl (C=O) groups excluding carboxylic acids is 1. The molecule has 3 aromatic rings. The van der Waals surface area contributed by atoms with Gasteiger partial charge in [-0.15, -0.1) is 0 Å². The molecule has 0 fully saturated rings. The second-order valence-corrected chi connectivity index (χ2v) is 7.01. The van der Waals surface area contributed by atoms with Gasteiger partial charge in [-0.3, -0.25) is 9.78 Å². The number of hydrogen-bond donors (Lipinski definition) is 1. The monoisotopic (exact) mass is 382 g/mol. The fourth-order valence-electron chi connectivity index (χ4n) is 2.74. The van der Waals surface area contributed by atoms with E-state index in [2.05, 4.69) is 24.1 Å². The molecule has 0 aliphatic heterocycles. The van der Waals surface area contributed by atoms with Crippen LogP contribution < -0.4 is 5.32 Å². The van der Waals surface area contributed by atoms with Crippen LogP contribution >= 0.6 is 11.6 Å². The zero-order valence-corrected chi connectivity index (χ0v) is 15.9. The molecule has 27 heavy (non-hydrogen) atoms. The Morgan fingerprint density at radius 3 is 2.52 bits per heavy atom. The Hall–Kier alpha value is -2.72. The van der Waals surface area contributed by atoms with Crippen molar-refractivity contribution in [1.29, 1.82) is 0 Å². The van der Waals surface area contributed by atoms with Gasteiger partial charge < -0.3 is 5.32 Å². The van der Waals surface area contributed by atoms with E-state index in [-0.39, 0.29) is 5.56 Å². The number of hydrogen-bond acceptors (Lipinski definition) is 2. The first-order valence-electron chi connectivity index (χ1n) is 8.73. The topological polar surface area (TPSA) is 42.0 Å². The van der Waals surface area contributed by atoms with Gasteiger partial charge in [0, 0.05) is 18.3 Å². The number of pyridine rings is 1. The Kier molecular flexibility index (Phi) is 5.87. The van der Waals surface area contributed by atoms with E-state index < -0.39 is 11.7 Å². The summed E-state index contributed by atoms with van der Waals surface area (Å²) in [5.41, 5.74) is 3.20. The van der Waals surface area contributed by atoms with Gasteiger partial charge in [-0.05, 0) is 41.3 Å². The van der Waals surface area contributed by atoms with Crippen molar-refractivity contribution < 1.29 is 9.18 Å². The molecule has 1 aromatic heterocycles. The molecule has 2 aromatic carbocycles. The summed E-state index contributed by atoms with van der Waals surface area (Å²) >= 11 is 6.10. The average molecular weight is 383 g/mol. The van der Waals surface area contributed by atoms with Crippen molar-refractivity contribution in [3.63, 3.8) is 0 Å². The quantitative estimate of drug-likeness (QED) is 0.624. The first-order valence-corrected chi connectivity index (χ1v) is 9.11. The van der Waals surface area contributed by atoms with Crippen LogP contribution in [0, 0.1) is 5.82 Å². The molecule has 0 aliphatic rings. The fraction of sp³-hybridized carbons (Fsp3) is 0.182. The molecule has 0 bridgehead atoms. The second-order valence-electron chi connectivity index (χ2n) is 6.61. The molecule has 0 saturated carbocycles. The minimum Gasteiger partial charge on any atom is -0.348 e. The van der Waals surface area contributed by atoms with Crippen molar-refractivity contribution in [2.75, 3.05) is 0 Å². The van der Waals surface area contributed by atoms with Crippen molar-refractivity contribution in [3.05, 3.63) is 88.3 Å². The molecule has 0 saturated heterocycles. The molecule has 0 unspecified atom stereocenters. The molecule has 1 amide bonds. The summed E-state index contributed by atoms with van der Waals surface area (Å²) < 4.78 is 14.5. The van der Waals surface area contributed by atoms with Crippen LogP contribution in [0.5, 0.6) is 0 Å².